The predicted octanol–water partition coefficient (Wildman–Crippen LogP) is 5.72. The van der Waals surface area contributed by atoms with Crippen LogP contribution in [0.15, 0.2) is 41.3 Å². The highest BCUT2D eigenvalue weighted by Crippen LogP contribution is 2.54. The Morgan fingerprint density at radius 2 is 1.97 bits per heavy atom. The molecule has 2 aliphatic heterocycles. The molecule has 2 atom stereocenters. The average molecular weight is 556 g/mol. The quantitative estimate of drug-likeness (QED) is 0.290. The zero-order valence-electron chi connectivity index (χ0n) is 20.7. The number of hydrogen-bond acceptors (Lipinski definition) is 7. The van der Waals surface area contributed by atoms with Gasteiger partial charge in [-0.3, -0.25) is 19.4 Å². The molecule has 10 heteroatoms. The van der Waals surface area contributed by atoms with Crippen LogP contribution in [-0.4, -0.2) is 56.2 Å². The number of ether oxygens (including phenoxy) is 3. The highest BCUT2D eigenvalue weighted by molar-refractivity contribution is 8.00. The molecule has 0 radical (unpaired) electrons. The fourth-order valence-corrected chi connectivity index (χ4v) is 6.28. The summed E-state index contributed by atoms with van der Waals surface area (Å²) < 4.78 is 16.9. The van der Waals surface area contributed by atoms with Crippen LogP contribution in [0.4, 0.5) is 5.69 Å². The van der Waals surface area contributed by atoms with Crippen molar-refractivity contribution in [1.82, 2.24) is 4.90 Å². The van der Waals surface area contributed by atoms with Crippen LogP contribution in [-0.2, 0) is 14.3 Å². The number of fused-ring (bicyclic) bond motifs is 1. The van der Waals surface area contributed by atoms with Gasteiger partial charge in [-0.1, -0.05) is 23.4 Å². The maximum Gasteiger partial charge on any atom is 0.302 e. The maximum atomic E-state index is 12.6. The molecule has 2 aliphatic rings. The molecule has 0 bridgehead atoms. The van der Waals surface area contributed by atoms with Gasteiger partial charge in [0.1, 0.15) is 23.5 Å². The van der Waals surface area contributed by atoms with Crippen LogP contribution < -0.4 is 14.4 Å². The van der Waals surface area contributed by atoms with Crippen LogP contribution in [0.3, 0.4) is 0 Å². The first kappa shape index (κ1) is 28.4. The molecule has 196 valence electrons. The van der Waals surface area contributed by atoms with E-state index in [0.29, 0.717) is 24.0 Å². The van der Waals surface area contributed by atoms with E-state index in [0.717, 1.165) is 54.2 Å². The van der Waals surface area contributed by atoms with Gasteiger partial charge >= 0.3 is 5.97 Å². The molecule has 1 saturated heterocycles. The molecular weight excluding hydrogens is 523 g/mol. The molecule has 1 amide bonds. The third-order valence-electron chi connectivity index (χ3n) is 6.30. The van der Waals surface area contributed by atoms with Gasteiger partial charge in [0.2, 0.25) is 5.91 Å². The highest BCUT2D eigenvalue weighted by Gasteiger charge is 2.36. The van der Waals surface area contributed by atoms with Gasteiger partial charge in [-0.05, 0) is 62.2 Å². The minimum Gasteiger partial charge on any atom is -0.497 e. The number of nitrogens with zero attached hydrogens (tertiary/aromatic N) is 2. The summed E-state index contributed by atoms with van der Waals surface area (Å²) in [6, 6.07) is 11.6. The number of likely N-dealkylation sites (tertiary alicyclic amines) is 1. The number of esters is 1. The van der Waals surface area contributed by atoms with Crippen molar-refractivity contribution in [2.24, 2.45) is 0 Å². The SMILES string of the molecule is COc1ccc(OCCCN2CCC[C@H]2COC(C)=O)c(C2Sc3cc(Cl)ccc3N2C(C)=O)c1.Cl. The number of rotatable bonds is 9. The second kappa shape index (κ2) is 12.9. The Bertz CT molecular complexity index is 1090. The van der Waals surface area contributed by atoms with Gasteiger partial charge in [-0.25, -0.2) is 0 Å². The number of hydrogen-bond donors (Lipinski definition) is 0. The fourth-order valence-electron chi connectivity index (χ4n) is 4.64. The second-order valence-electron chi connectivity index (χ2n) is 8.71. The predicted molar refractivity (Wildman–Crippen MR) is 145 cm³/mol. The monoisotopic (exact) mass is 554 g/mol. The lowest BCUT2D eigenvalue weighted by atomic mass is 10.1. The van der Waals surface area contributed by atoms with E-state index >= 15 is 0 Å². The van der Waals surface area contributed by atoms with Gasteiger partial charge in [0.15, 0.2) is 0 Å². The van der Waals surface area contributed by atoms with Crippen LogP contribution in [0.5, 0.6) is 11.5 Å². The third-order valence-corrected chi connectivity index (χ3v) is 7.81. The molecule has 0 spiro atoms. The van der Waals surface area contributed by atoms with Gasteiger partial charge in [0.05, 0.1) is 19.4 Å². The van der Waals surface area contributed by atoms with Gasteiger partial charge in [0, 0.05) is 41.9 Å². The van der Waals surface area contributed by atoms with Crippen LogP contribution in [0, 0.1) is 0 Å². The number of methoxy groups -OCH3 is 1. The molecular formula is C26H32Cl2N2O5S. The molecule has 2 aromatic rings. The molecule has 0 N–H and O–H groups in total. The Labute approximate surface area is 227 Å². The minimum absolute atomic E-state index is 0. The van der Waals surface area contributed by atoms with E-state index in [2.05, 4.69) is 4.90 Å². The Hall–Kier alpha value is -2.13. The summed E-state index contributed by atoms with van der Waals surface area (Å²) in [6.45, 7) is 5.88. The molecule has 0 saturated carbocycles. The van der Waals surface area contributed by atoms with Gasteiger partial charge in [-0.2, -0.15) is 0 Å². The Morgan fingerprint density at radius 1 is 1.17 bits per heavy atom. The van der Waals surface area contributed by atoms with Crippen LogP contribution in [0.25, 0.3) is 0 Å². The zero-order valence-corrected chi connectivity index (χ0v) is 23.1. The van der Waals surface area contributed by atoms with Crippen LogP contribution in [0.2, 0.25) is 5.02 Å². The van der Waals surface area contributed by atoms with Crippen molar-refractivity contribution < 1.29 is 23.8 Å². The summed E-state index contributed by atoms with van der Waals surface area (Å²) in [7, 11) is 1.63. The topological polar surface area (TPSA) is 68.3 Å². The van der Waals surface area contributed by atoms with Gasteiger partial charge < -0.3 is 14.2 Å². The largest absolute Gasteiger partial charge is 0.497 e. The Balaban J connectivity index is 0.00000361. The van der Waals surface area contributed by atoms with E-state index in [1.165, 1.54) is 6.92 Å². The van der Waals surface area contributed by atoms with Crippen LogP contribution in [0.1, 0.15) is 44.0 Å². The number of benzene rings is 2. The minimum atomic E-state index is -0.280. The molecule has 1 fully saturated rings. The lowest BCUT2D eigenvalue weighted by molar-refractivity contribution is -0.142. The fraction of sp³-hybridized carbons (Fsp3) is 0.462. The lowest BCUT2D eigenvalue weighted by Gasteiger charge is -2.26. The third kappa shape index (κ3) is 6.59. The second-order valence-corrected chi connectivity index (χ2v) is 10.3. The van der Waals surface area contributed by atoms with Crippen molar-refractivity contribution >= 4 is 53.3 Å². The first-order chi connectivity index (χ1) is 16.9. The highest BCUT2D eigenvalue weighted by atomic mass is 35.5. The Kier molecular flexibility index (Phi) is 10.2. The summed E-state index contributed by atoms with van der Waals surface area (Å²) in [5.74, 6) is 1.15. The van der Waals surface area contributed by atoms with E-state index in [4.69, 9.17) is 25.8 Å². The van der Waals surface area contributed by atoms with Gasteiger partial charge in [0.25, 0.3) is 0 Å². The Morgan fingerprint density at radius 3 is 2.69 bits per heavy atom. The molecule has 36 heavy (non-hydrogen) atoms. The van der Waals surface area contributed by atoms with E-state index in [1.54, 1.807) is 36.8 Å². The first-order valence-electron chi connectivity index (χ1n) is 11.8. The van der Waals surface area contributed by atoms with E-state index in [9.17, 15) is 9.59 Å². The van der Waals surface area contributed by atoms with E-state index < -0.39 is 0 Å². The van der Waals surface area contributed by atoms with Crippen molar-refractivity contribution in [3.05, 3.63) is 47.0 Å². The number of amides is 1. The number of carbonyl (C=O) groups excluding carboxylic acids is 2. The van der Waals surface area contributed by atoms with Crippen molar-refractivity contribution in [3.8, 4) is 11.5 Å². The number of anilines is 1. The smallest absolute Gasteiger partial charge is 0.302 e. The lowest BCUT2D eigenvalue weighted by Crippen LogP contribution is -2.35. The normalized spacial score (nSPS) is 18.9. The summed E-state index contributed by atoms with van der Waals surface area (Å²) in [5.41, 5.74) is 1.73. The summed E-state index contributed by atoms with van der Waals surface area (Å²) in [6.07, 6.45) is 2.99. The van der Waals surface area contributed by atoms with Crippen molar-refractivity contribution in [3.63, 3.8) is 0 Å². The maximum absolute atomic E-state index is 12.6. The number of carbonyl (C=O) groups is 2. The zero-order chi connectivity index (χ0) is 24.9. The molecule has 7 nitrogen and oxygen atoms in total. The number of thioether (sulfide) groups is 1. The molecule has 0 aliphatic carbocycles. The summed E-state index contributed by atoms with van der Waals surface area (Å²) >= 11 is 7.79. The summed E-state index contributed by atoms with van der Waals surface area (Å²) in [4.78, 5) is 28.9. The summed E-state index contributed by atoms with van der Waals surface area (Å²) in [5, 5.41) is 0.356. The van der Waals surface area contributed by atoms with Gasteiger partial charge in [-0.15, -0.1) is 12.4 Å². The molecule has 2 aromatic carbocycles. The van der Waals surface area contributed by atoms with E-state index in [1.807, 2.05) is 30.3 Å². The molecule has 2 heterocycles. The molecule has 1 unspecified atom stereocenters. The van der Waals surface area contributed by atoms with Crippen molar-refractivity contribution in [2.45, 2.75) is 49.4 Å². The molecule has 0 aromatic heterocycles. The average Bonchev–Trinajstić information content (AvgIpc) is 3.44. The van der Waals surface area contributed by atoms with E-state index in [-0.39, 0.29) is 35.7 Å². The van der Waals surface area contributed by atoms with Crippen molar-refractivity contribution in [2.75, 3.05) is 38.3 Å². The molecule has 4 rings (SSSR count). The standard InChI is InChI=1S/C26H31ClN2O5S.ClH/c1-17(30)29-23-9-7-19(27)14-25(23)35-26(29)22-15-21(32-3)8-10-24(22)33-13-5-12-28-11-4-6-20(28)16-34-18(2)31;/h7-10,14-15,20,26H,4-6,11-13,16H2,1-3H3;1H/t20-,26?;/m0./s1. The number of halogens is 2. The van der Waals surface area contributed by atoms with Crippen LogP contribution >= 0.6 is 35.8 Å². The van der Waals surface area contributed by atoms with Crippen molar-refractivity contribution in [1.29, 1.82) is 0 Å². The first-order valence-corrected chi connectivity index (χ1v) is 13.1.